The number of hydrogen-bond donors (Lipinski definition) is 1. The molecule has 4 nitrogen and oxygen atoms in total. The van der Waals surface area contributed by atoms with Crippen molar-refractivity contribution in [1.82, 2.24) is 4.90 Å². The molecule has 0 spiro atoms. The third-order valence-corrected chi connectivity index (χ3v) is 3.84. The minimum atomic E-state index is -4.10. The second-order valence-corrected chi connectivity index (χ2v) is 5.87. The number of nitrogens with zero attached hydrogens (tertiary/aromatic N) is 1. The second kappa shape index (κ2) is 4.16. The highest BCUT2D eigenvalue weighted by Gasteiger charge is 2.23. The van der Waals surface area contributed by atoms with Crippen LogP contribution in [0.5, 0.6) is 0 Å². The fraction of sp³-hybridized carbons (Fsp3) is 0.455. The van der Waals surface area contributed by atoms with Gasteiger partial charge in [0.15, 0.2) is 0 Å². The maximum Gasteiger partial charge on any atom is 0.294 e. The number of rotatable bonds is 3. The molecule has 0 fully saturated rings. The second-order valence-electron chi connectivity index (χ2n) is 4.45. The van der Waals surface area contributed by atoms with Crippen molar-refractivity contribution in [1.29, 1.82) is 0 Å². The van der Waals surface area contributed by atoms with Crippen molar-refractivity contribution in [3.05, 3.63) is 29.8 Å². The first kappa shape index (κ1) is 13.2. The van der Waals surface area contributed by atoms with Gasteiger partial charge < -0.3 is 4.90 Å². The van der Waals surface area contributed by atoms with Crippen molar-refractivity contribution in [3.63, 3.8) is 0 Å². The Morgan fingerprint density at radius 2 is 1.56 bits per heavy atom. The molecule has 0 unspecified atom stereocenters. The molecule has 1 aromatic rings. The standard InChI is InChI=1S/C11H17NO3S/c1-11(2,12(3)4)9-5-7-10(8-6-9)16(13,14)15/h5-8H,1-4H3,(H,13,14,15). The predicted octanol–water partition coefficient (Wildman–Crippen LogP) is 1.73. The van der Waals surface area contributed by atoms with Crippen LogP contribution in [-0.4, -0.2) is 32.0 Å². The summed E-state index contributed by atoms with van der Waals surface area (Å²) in [6.45, 7) is 4.07. The SMILES string of the molecule is CN(C)C(C)(C)c1ccc(S(=O)(=O)O)cc1. The van der Waals surface area contributed by atoms with Gasteiger partial charge in [-0.1, -0.05) is 12.1 Å². The van der Waals surface area contributed by atoms with E-state index in [9.17, 15) is 8.42 Å². The van der Waals surface area contributed by atoms with Gasteiger partial charge in [-0.25, -0.2) is 0 Å². The molecule has 1 N–H and O–H groups in total. The normalized spacial score (nSPS) is 13.1. The highest BCUT2D eigenvalue weighted by molar-refractivity contribution is 7.85. The summed E-state index contributed by atoms with van der Waals surface area (Å²) < 4.78 is 30.6. The molecule has 0 aliphatic carbocycles. The number of benzene rings is 1. The fourth-order valence-corrected chi connectivity index (χ4v) is 1.77. The molecule has 0 radical (unpaired) electrons. The van der Waals surface area contributed by atoms with E-state index in [0.717, 1.165) is 5.56 Å². The van der Waals surface area contributed by atoms with Crippen LogP contribution in [0, 0.1) is 0 Å². The molecule has 0 heterocycles. The smallest absolute Gasteiger partial charge is 0.294 e. The molecule has 1 aromatic carbocycles. The quantitative estimate of drug-likeness (QED) is 0.821. The van der Waals surface area contributed by atoms with Crippen molar-refractivity contribution in [2.45, 2.75) is 24.3 Å². The molecule has 0 aliphatic rings. The molecule has 0 aliphatic heterocycles. The van der Waals surface area contributed by atoms with Crippen LogP contribution >= 0.6 is 0 Å². The predicted molar refractivity (Wildman–Crippen MR) is 63.0 cm³/mol. The Hall–Kier alpha value is -0.910. The number of hydrogen-bond acceptors (Lipinski definition) is 3. The van der Waals surface area contributed by atoms with Gasteiger partial charge in [0.2, 0.25) is 0 Å². The van der Waals surface area contributed by atoms with Crippen LogP contribution in [0.15, 0.2) is 29.2 Å². The van der Waals surface area contributed by atoms with Gasteiger partial charge in [0.1, 0.15) is 0 Å². The molecule has 1 rings (SSSR count). The zero-order valence-electron chi connectivity index (χ0n) is 9.93. The Morgan fingerprint density at radius 1 is 1.12 bits per heavy atom. The van der Waals surface area contributed by atoms with Gasteiger partial charge >= 0.3 is 0 Å². The van der Waals surface area contributed by atoms with Crippen LogP contribution < -0.4 is 0 Å². The molecule has 16 heavy (non-hydrogen) atoms. The maximum absolute atomic E-state index is 10.9. The first-order chi connectivity index (χ1) is 7.15. The van der Waals surface area contributed by atoms with Gasteiger partial charge in [0.25, 0.3) is 10.1 Å². The minimum absolute atomic E-state index is 0.0780. The van der Waals surface area contributed by atoms with Crippen LogP contribution in [-0.2, 0) is 15.7 Å². The summed E-state index contributed by atoms with van der Waals surface area (Å²) >= 11 is 0. The van der Waals surface area contributed by atoms with E-state index in [1.807, 2.05) is 32.8 Å². The highest BCUT2D eigenvalue weighted by atomic mass is 32.2. The van der Waals surface area contributed by atoms with Crippen molar-refractivity contribution >= 4 is 10.1 Å². The molecule has 0 atom stereocenters. The van der Waals surface area contributed by atoms with Crippen LogP contribution in [0.2, 0.25) is 0 Å². The average molecular weight is 243 g/mol. The Balaban J connectivity index is 3.14. The molecule has 0 aromatic heterocycles. The van der Waals surface area contributed by atoms with Gasteiger partial charge in [-0.2, -0.15) is 8.42 Å². The summed E-state index contributed by atoms with van der Waals surface area (Å²) in [7, 11) is -0.189. The van der Waals surface area contributed by atoms with Crippen LogP contribution in [0.1, 0.15) is 19.4 Å². The highest BCUT2D eigenvalue weighted by Crippen LogP contribution is 2.26. The van der Waals surface area contributed by atoms with Gasteiger partial charge in [-0.15, -0.1) is 0 Å². The first-order valence-corrected chi connectivity index (χ1v) is 6.35. The topological polar surface area (TPSA) is 57.6 Å². The van der Waals surface area contributed by atoms with Crippen molar-refractivity contribution in [3.8, 4) is 0 Å². The van der Waals surface area contributed by atoms with Gasteiger partial charge in [0.05, 0.1) is 4.90 Å². The summed E-state index contributed by atoms with van der Waals surface area (Å²) in [4.78, 5) is 1.96. The molecule has 0 saturated carbocycles. The van der Waals surface area contributed by atoms with E-state index in [4.69, 9.17) is 4.55 Å². The molecular weight excluding hydrogens is 226 g/mol. The lowest BCUT2D eigenvalue weighted by atomic mass is 9.93. The monoisotopic (exact) mass is 243 g/mol. The lowest BCUT2D eigenvalue weighted by Crippen LogP contribution is -2.35. The van der Waals surface area contributed by atoms with Crippen LogP contribution in [0.4, 0.5) is 0 Å². The Morgan fingerprint density at radius 3 is 1.88 bits per heavy atom. The van der Waals surface area contributed by atoms with Gasteiger partial charge in [0, 0.05) is 5.54 Å². The fourth-order valence-electron chi connectivity index (χ4n) is 1.29. The van der Waals surface area contributed by atoms with E-state index in [-0.39, 0.29) is 10.4 Å². The van der Waals surface area contributed by atoms with Crippen molar-refractivity contribution < 1.29 is 13.0 Å². The van der Waals surface area contributed by atoms with Crippen molar-refractivity contribution in [2.24, 2.45) is 0 Å². The molecule has 90 valence electrons. The largest absolute Gasteiger partial charge is 0.300 e. The summed E-state index contributed by atoms with van der Waals surface area (Å²) in [6.07, 6.45) is 0. The minimum Gasteiger partial charge on any atom is -0.300 e. The van der Waals surface area contributed by atoms with Crippen LogP contribution in [0.3, 0.4) is 0 Å². The Kier molecular flexibility index (Phi) is 3.42. The Labute approximate surface area is 96.6 Å². The Bertz CT molecular complexity index is 461. The molecule has 0 saturated heterocycles. The maximum atomic E-state index is 10.9. The molecule has 5 heteroatoms. The lowest BCUT2D eigenvalue weighted by molar-refractivity contribution is 0.197. The van der Waals surface area contributed by atoms with E-state index < -0.39 is 10.1 Å². The first-order valence-electron chi connectivity index (χ1n) is 4.91. The lowest BCUT2D eigenvalue weighted by Gasteiger charge is -2.33. The van der Waals surface area contributed by atoms with Gasteiger partial charge in [-0.05, 0) is 45.6 Å². The average Bonchev–Trinajstić information content (AvgIpc) is 2.16. The van der Waals surface area contributed by atoms with Gasteiger partial charge in [-0.3, -0.25) is 4.55 Å². The zero-order valence-corrected chi connectivity index (χ0v) is 10.7. The third kappa shape index (κ3) is 2.61. The summed E-state index contributed by atoms with van der Waals surface area (Å²) in [5.74, 6) is 0. The van der Waals surface area contributed by atoms with E-state index in [1.54, 1.807) is 12.1 Å². The van der Waals surface area contributed by atoms with E-state index in [2.05, 4.69) is 0 Å². The molecule has 0 bridgehead atoms. The molecular formula is C11H17NO3S. The summed E-state index contributed by atoms with van der Waals surface area (Å²) in [5, 5.41) is 0. The van der Waals surface area contributed by atoms with E-state index in [1.165, 1.54) is 12.1 Å². The molecule has 0 amide bonds. The summed E-state index contributed by atoms with van der Waals surface area (Å²) in [6, 6.07) is 6.25. The van der Waals surface area contributed by atoms with Crippen molar-refractivity contribution in [2.75, 3.05) is 14.1 Å². The summed E-state index contributed by atoms with van der Waals surface area (Å²) in [5.41, 5.74) is 0.808. The van der Waals surface area contributed by atoms with E-state index in [0.29, 0.717) is 0 Å². The van der Waals surface area contributed by atoms with E-state index >= 15 is 0 Å². The third-order valence-electron chi connectivity index (χ3n) is 2.98. The van der Waals surface area contributed by atoms with Crippen LogP contribution in [0.25, 0.3) is 0 Å². The zero-order chi connectivity index (χ0) is 12.6.